The molecular weight excluding hydrogens is 286 g/mol. The van der Waals surface area contributed by atoms with E-state index in [9.17, 15) is 9.90 Å². The highest BCUT2D eigenvalue weighted by atomic mass is 16.6. The largest absolute Gasteiger partial charge is 0.491 e. The molecule has 1 aromatic carbocycles. The molecule has 0 aliphatic carbocycles. The smallest absolute Gasteiger partial charge is 0.408 e. The van der Waals surface area contributed by atoms with E-state index in [-0.39, 0.29) is 6.61 Å². The number of aliphatic hydroxyl groups excluding tert-OH is 1. The molecule has 0 saturated heterocycles. The van der Waals surface area contributed by atoms with Crippen LogP contribution in [-0.4, -0.2) is 43.7 Å². The van der Waals surface area contributed by atoms with Gasteiger partial charge in [-0.25, -0.2) is 4.79 Å². The summed E-state index contributed by atoms with van der Waals surface area (Å²) < 4.78 is 15.6. The third kappa shape index (κ3) is 6.78. The molecule has 1 atom stereocenters. The van der Waals surface area contributed by atoms with Crippen LogP contribution in [0.2, 0.25) is 0 Å². The summed E-state index contributed by atoms with van der Waals surface area (Å²) in [6.07, 6.45) is -0.563. The molecule has 124 valence electrons. The molecule has 0 radical (unpaired) electrons. The van der Waals surface area contributed by atoms with Crippen molar-refractivity contribution in [3.63, 3.8) is 0 Å². The van der Waals surface area contributed by atoms with Crippen LogP contribution in [0.25, 0.3) is 0 Å². The van der Waals surface area contributed by atoms with Crippen molar-refractivity contribution in [2.75, 3.05) is 26.9 Å². The predicted octanol–water partition coefficient (Wildman–Crippen LogP) is 2.27. The lowest BCUT2D eigenvalue weighted by molar-refractivity contribution is 0.0482. The Kier molecular flexibility index (Phi) is 7.14. The Bertz CT molecular complexity index is 453. The zero-order valence-corrected chi connectivity index (χ0v) is 13.6. The number of amides is 1. The Hall–Kier alpha value is -1.79. The molecule has 1 unspecified atom stereocenters. The number of benzene rings is 1. The highest BCUT2D eigenvalue weighted by Gasteiger charge is 2.20. The lowest BCUT2D eigenvalue weighted by atomic mass is 10.1. The van der Waals surface area contributed by atoms with Crippen LogP contribution >= 0.6 is 0 Å². The minimum atomic E-state index is -0.580. The van der Waals surface area contributed by atoms with Crippen LogP contribution in [-0.2, 0) is 9.47 Å². The number of carbonyl (C=O) groups excluding carboxylic acids is 1. The number of hydrogen-bond donors (Lipinski definition) is 2. The molecule has 0 aliphatic rings. The summed E-state index contributed by atoms with van der Waals surface area (Å²) >= 11 is 0. The van der Waals surface area contributed by atoms with E-state index >= 15 is 0 Å². The van der Waals surface area contributed by atoms with Gasteiger partial charge in [0.15, 0.2) is 0 Å². The maximum Gasteiger partial charge on any atom is 0.408 e. The number of nitrogens with one attached hydrogen (secondary N) is 1. The maximum absolute atomic E-state index is 11.8. The van der Waals surface area contributed by atoms with Crippen LogP contribution in [0.4, 0.5) is 4.79 Å². The molecule has 1 rings (SSSR count). The number of alkyl carbamates (subject to hydrolysis) is 1. The van der Waals surface area contributed by atoms with E-state index in [1.54, 1.807) is 52.1 Å². The second-order valence-electron chi connectivity index (χ2n) is 5.79. The average molecular weight is 311 g/mol. The highest BCUT2D eigenvalue weighted by Crippen LogP contribution is 2.18. The molecule has 0 aliphatic heterocycles. The molecule has 0 aromatic heterocycles. The first-order valence-electron chi connectivity index (χ1n) is 7.18. The minimum absolute atomic E-state index is 0.219. The molecular formula is C16H25NO5. The fraction of sp³-hybridized carbons (Fsp3) is 0.562. The molecule has 6 heteroatoms. The standard InChI is InChI=1S/C16H25NO5/c1-16(2,3)22-15(19)17-14(11-18)12-5-7-13(8-6-12)21-10-9-20-4/h5-8,14,18H,9-11H2,1-4H3,(H,17,19). The molecule has 6 nitrogen and oxygen atoms in total. The molecule has 2 N–H and O–H groups in total. The van der Waals surface area contributed by atoms with Gasteiger partial charge in [0.05, 0.1) is 19.3 Å². The zero-order chi connectivity index (χ0) is 16.6. The number of carbonyl (C=O) groups is 1. The summed E-state index contributed by atoms with van der Waals surface area (Å²) in [5, 5.41) is 12.1. The van der Waals surface area contributed by atoms with Crippen molar-refractivity contribution < 1.29 is 24.1 Å². The normalized spacial score (nSPS) is 12.6. The Morgan fingerprint density at radius 3 is 2.36 bits per heavy atom. The summed E-state index contributed by atoms with van der Waals surface area (Å²) in [6, 6.07) is 6.62. The molecule has 1 amide bonds. The fourth-order valence-electron chi connectivity index (χ4n) is 1.72. The number of aliphatic hydroxyl groups is 1. The highest BCUT2D eigenvalue weighted by molar-refractivity contribution is 5.68. The molecule has 0 spiro atoms. The van der Waals surface area contributed by atoms with Crippen LogP contribution in [0.5, 0.6) is 5.75 Å². The number of hydrogen-bond acceptors (Lipinski definition) is 5. The zero-order valence-electron chi connectivity index (χ0n) is 13.6. The molecule has 22 heavy (non-hydrogen) atoms. The van der Waals surface area contributed by atoms with E-state index in [4.69, 9.17) is 14.2 Å². The summed E-state index contributed by atoms with van der Waals surface area (Å²) in [6.45, 7) is 6.12. The number of rotatable bonds is 7. The topological polar surface area (TPSA) is 77.0 Å². The van der Waals surface area contributed by atoms with Crippen LogP contribution in [0.1, 0.15) is 32.4 Å². The number of ether oxygens (including phenoxy) is 3. The third-order valence-corrected chi connectivity index (χ3v) is 2.71. The Morgan fingerprint density at radius 1 is 1.23 bits per heavy atom. The number of methoxy groups -OCH3 is 1. The van der Waals surface area contributed by atoms with Crippen LogP contribution < -0.4 is 10.1 Å². The Labute approximate surface area is 131 Å². The van der Waals surface area contributed by atoms with E-state index in [2.05, 4.69) is 5.32 Å². The second-order valence-corrected chi connectivity index (χ2v) is 5.79. The van der Waals surface area contributed by atoms with Crippen molar-refractivity contribution in [1.29, 1.82) is 0 Å². The van der Waals surface area contributed by atoms with Gasteiger partial charge in [0.1, 0.15) is 18.0 Å². The fourth-order valence-corrected chi connectivity index (χ4v) is 1.72. The van der Waals surface area contributed by atoms with Crippen LogP contribution in [0, 0.1) is 0 Å². The molecule has 1 aromatic rings. The van der Waals surface area contributed by atoms with E-state index in [0.717, 1.165) is 5.56 Å². The van der Waals surface area contributed by atoms with Gasteiger partial charge < -0.3 is 24.6 Å². The second kappa shape index (κ2) is 8.60. The molecule has 0 bridgehead atoms. The lowest BCUT2D eigenvalue weighted by Gasteiger charge is -2.23. The first-order valence-corrected chi connectivity index (χ1v) is 7.18. The SMILES string of the molecule is COCCOc1ccc(C(CO)NC(=O)OC(C)(C)C)cc1. The molecule has 0 heterocycles. The third-order valence-electron chi connectivity index (χ3n) is 2.71. The first-order chi connectivity index (χ1) is 10.4. The lowest BCUT2D eigenvalue weighted by Crippen LogP contribution is -2.36. The van der Waals surface area contributed by atoms with E-state index < -0.39 is 17.7 Å². The Morgan fingerprint density at radius 2 is 1.86 bits per heavy atom. The van der Waals surface area contributed by atoms with Gasteiger partial charge in [0.2, 0.25) is 0 Å². The summed E-state index contributed by atoms with van der Waals surface area (Å²) in [5.74, 6) is 0.703. The van der Waals surface area contributed by atoms with Crippen molar-refractivity contribution in [2.45, 2.75) is 32.4 Å². The minimum Gasteiger partial charge on any atom is -0.491 e. The van der Waals surface area contributed by atoms with Gasteiger partial charge in [-0.3, -0.25) is 0 Å². The van der Waals surface area contributed by atoms with Crippen LogP contribution in [0.3, 0.4) is 0 Å². The van der Waals surface area contributed by atoms with Crippen molar-refractivity contribution in [3.8, 4) is 5.75 Å². The van der Waals surface area contributed by atoms with Crippen molar-refractivity contribution >= 4 is 6.09 Å². The van der Waals surface area contributed by atoms with Crippen molar-refractivity contribution in [1.82, 2.24) is 5.32 Å². The maximum atomic E-state index is 11.8. The van der Waals surface area contributed by atoms with Gasteiger partial charge in [0.25, 0.3) is 0 Å². The Balaban J connectivity index is 2.61. The quantitative estimate of drug-likeness (QED) is 0.755. The molecule has 0 saturated carbocycles. The van der Waals surface area contributed by atoms with E-state index in [0.29, 0.717) is 19.0 Å². The van der Waals surface area contributed by atoms with Gasteiger partial charge in [-0.2, -0.15) is 0 Å². The molecule has 0 fully saturated rings. The van der Waals surface area contributed by atoms with E-state index in [1.807, 2.05) is 0 Å². The van der Waals surface area contributed by atoms with Gasteiger partial charge in [-0.15, -0.1) is 0 Å². The van der Waals surface area contributed by atoms with E-state index in [1.165, 1.54) is 0 Å². The van der Waals surface area contributed by atoms with Gasteiger partial charge in [0, 0.05) is 7.11 Å². The van der Waals surface area contributed by atoms with Gasteiger partial charge in [-0.05, 0) is 38.5 Å². The van der Waals surface area contributed by atoms with Crippen LogP contribution in [0.15, 0.2) is 24.3 Å². The first kappa shape index (κ1) is 18.3. The predicted molar refractivity (Wildman–Crippen MR) is 83.0 cm³/mol. The average Bonchev–Trinajstić information content (AvgIpc) is 2.44. The monoisotopic (exact) mass is 311 g/mol. The summed E-state index contributed by atoms with van der Waals surface area (Å²) in [7, 11) is 1.61. The van der Waals surface area contributed by atoms with Gasteiger partial charge in [-0.1, -0.05) is 12.1 Å². The van der Waals surface area contributed by atoms with Crippen molar-refractivity contribution in [2.24, 2.45) is 0 Å². The summed E-state index contributed by atoms with van der Waals surface area (Å²) in [4.78, 5) is 11.8. The van der Waals surface area contributed by atoms with Crippen molar-refractivity contribution in [3.05, 3.63) is 29.8 Å². The van der Waals surface area contributed by atoms with Gasteiger partial charge >= 0.3 is 6.09 Å². The summed E-state index contributed by atoms with van der Waals surface area (Å²) in [5.41, 5.74) is 0.191.